The highest BCUT2D eigenvalue weighted by Gasteiger charge is 2.41. The Hall–Kier alpha value is -5.23. The summed E-state index contributed by atoms with van der Waals surface area (Å²) in [6, 6.07) is 22.0. The number of rotatable bonds is 15. The van der Waals surface area contributed by atoms with Crippen LogP contribution in [0, 0.1) is 12.8 Å². The number of nitrogens with zero attached hydrogens (tertiary/aromatic N) is 1. The first-order valence-corrected chi connectivity index (χ1v) is 16.4. The van der Waals surface area contributed by atoms with E-state index in [0.29, 0.717) is 12.3 Å². The van der Waals surface area contributed by atoms with E-state index in [0.717, 1.165) is 16.7 Å². The van der Waals surface area contributed by atoms with E-state index in [1.54, 1.807) is 30.3 Å². The molecule has 0 radical (unpaired) electrons. The number of nitrogens with two attached hydrogens (primary N) is 1. The highest BCUT2D eigenvalue weighted by atomic mass is 16.5. The first-order chi connectivity index (χ1) is 23.5. The summed E-state index contributed by atoms with van der Waals surface area (Å²) >= 11 is 0. The Balaban J connectivity index is 1.44. The lowest BCUT2D eigenvalue weighted by molar-refractivity contribution is -0.147. The van der Waals surface area contributed by atoms with Crippen LogP contribution in [0.15, 0.2) is 84.9 Å². The third kappa shape index (κ3) is 11.5. The molecule has 260 valence electrons. The Labute approximate surface area is 286 Å². The summed E-state index contributed by atoms with van der Waals surface area (Å²) < 4.78 is 11.4. The van der Waals surface area contributed by atoms with Crippen molar-refractivity contribution in [3.63, 3.8) is 0 Å². The maximum absolute atomic E-state index is 13.9. The number of aryl methyl sites for hydroxylation is 1. The van der Waals surface area contributed by atoms with Crippen LogP contribution in [0.2, 0.25) is 0 Å². The van der Waals surface area contributed by atoms with Crippen molar-refractivity contribution >= 4 is 35.4 Å². The normalized spacial score (nSPS) is 16.8. The number of anilines is 1. The van der Waals surface area contributed by atoms with Gasteiger partial charge in [0, 0.05) is 18.7 Å². The number of urea groups is 1. The number of hydrogen-bond donors (Lipinski definition) is 4. The van der Waals surface area contributed by atoms with E-state index in [1.165, 1.54) is 4.90 Å². The fourth-order valence-electron chi connectivity index (χ4n) is 5.53. The number of carbonyl (C=O) groups is 5. The average Bonchev–Trinajstić information content (AvgIpc) is 3.51. The lowest BCUT2D eigenvalue weighted by atomic mass is 10.0. The molecule has 0 spiro atoms. The summed E-state index contributed by atoms with van der Waals surface area (Å²) in [7, 11) is 0. The minimum atomic E-state index is -1.36. The lowest BCUT2D eigenvalue weighted by Gasteiger charge is -2.27. The minimum absolute atomic E-state index is 0.00344. The van der Waals surface area contributed by atoms with Gasteiger partial charge in [-0.3, -0.25) is 19.2 Å². The number of ether oxygens (including phenoxy) is 2. The van der Waals surface area contributed by atoms with Crippen molar-refractivity contribution in [2.45, 2.75) is 77.5 Å². The van der Waals surface area contributed by atoms with E-state index in [-0.39, 0.29) is 31.9 Å². The molecule has 0 unspecified atom stereocenters. The minimum Gasteiger partial charge on any atom is -0.461 e. The smallest absolute Gasteiger partial charge is 0.322 e. The van der Waals surface area contributed by atoms with Crippen molar-refractivity contribution in [2.75, 3.05) is 11.9 Å². The van der Waals surface area contributed by atoms with E-state index in [4.69, 9.17) is 15.2 Å². The van der Waals surface area contributed by atoms with Gasteiger partial charge in [0.25, 0.3) is 0 Å². The molecule has 49 heavy (non-hydrogen) atoms. The van der Waals surface area contributed by atoms with Crippen LogP contribution in [-0.2, 0) is 41.9 Å². The molecule has 3 aromatic carbocycles. The van der Waals surface area contributed by atoms with Crippen LogP contribution >= 0.6 is 0 Å². The second-order valence-corrected chi connectivity index (χ2v) is 12.6. The van der Waals surface area contributed by atoms with Gasteiger partial charge < -0.3 is 36.1 Å². The average molecular weight is 672 g/mol. The molecule has 1 aliphatic heterocycles. The Morgan fingerprint density at radius 1 is 0.857 bits per heavy atom. The molecule has 3 aromatic rings. The zero-order chi connectivity index (χ0) is 35.3. The maximum atomic E-state index is 13.9. The molecule has 12 nitrogen and oxygen atoms in total. The van der Waals surface area contributed by atoms with Gasteiger partial charge in [-0.05, 0) is 48.1 Å². The maximum Gasteiger partial charge on any atom is 0.322 e. The molecular formula is C37H45N5O7. The standard InChI is InChI=1S/C37H45N5O7/c1-24(2)17-31(35(45)40-30(34(38)44)20-33(43)49-23-27-14-8-5-9-15-27)41-36(46)32-19-29(48-22-26-12-6-4-7-13-26)21-42(32)37(47)39-28-16-10-11-25(3)18-28/h4-16,18,24,29-32H,17,19-23H2,1-3H3,(H2,38,44)(H,39,47)(H,40,45)(H,41,46)/t29-,30-,31-,32+/m1/s1. The molecular weight excluding hydrogens is 626 g/mol. The van der Waals surface area contributed by atoms with Gasteiger partial charge in [-0.1, -0.05) is 86.6 Å². The SMILES string of the molecule is Cc1cccc(NC(=O)N2C[C@H](OCc3ccccc3)C[C@H]2C(=O)N[C@H](CC(C)C)C(=O)N[C@H](CC(=O)OCc2ccccc2)C(N)=O)c1. The molecule has 0 aromatic heterocycles. The molecule has 0 bridgehead atoms. The molecule has 0 saturated carbocycles. The van der Waals surface area contributed by atoms with Crippen molar-refractivity contribution in [3.05, 3.63) is 102 Å². The summed E-state index contributed by atoms with van der Waals surface area (Å²) in [5.41, 5.74) is 8.79. The van der Waals surface area contributed by atoms with Gasteiger partial charge in [0.2, 0.25) is 17.7 Å². The lowest BCUT2D eigenvalue weighted by Crippen LogP contribution is -2.56. The van der Waals surface area contributed by atoms with Crippen LogP contribution in [0.1, 0.15) is 49.8 Å². The van der Waals surface area contributed by atoms with Gasteiger partial charge in [0.15, 0.2) is 0 Å². The van der Waals surface area contributed by atoms with E-state index in [1.807, 2.05) is 75.4 Å². The van der Waals surface area contributed by atoms with Crippen molar-refractivity contribution in [1.29, 1.82) is 0 Å². The summed E-state index contributed by atoms with van der Waals surface area (Å²) in [6.45, 7) is 6.11. The number of likely N-dealkylation sites (tertiary alicyclic amines) is 1. The van der Waals surface area contributed by atoms with Gasteiger partial charge in [-0.2, -0.15) is 0 Å². The Morgan fingerprint density at radius 3 is 2.12 bits per heavy atom. The van der Waals surface area contributed by atoms with Crippen LogP contribution in [0.3, 0.4) is 0 Å². The van der Waals surface area contributed by atoms with Crippen LogP contribution in [0.4, 0.5) is 10.5 Å². The van der Waals surface area contributed by atoms with Crippen molar-refractivity contribution in [2.24, 2.45) is 11.7 Å². The molecule has 12 heteroatoms. The zero-order valence-corrected chi connectivity index (χ0v) is 28.1. The number of nitrogens with one attached hydrogen (secondary N) is 3. The van der Waals surface area contributed by atoms with E-state index < -0.39 is 60.4 Å². The predicted molar refractivity (Wildman–Crippen MR) is 184 cm³/mol. The van der Waals surface area contributed by atoms with Gasteiger partial charge >= 0.3 is 12.0 Å². The van der Waals surface area contributed by atoms with Gasteiger partial charge in [-0.25, -0.2) is 4.79 Å². The molecule has 0 aliphatic carbocycles. The first kappa shape index (κ1) is 36.6. The van der Waals surface area contributed by atoms with Crippen LogP contribution < -0.4 is 21.7 Å². The van der Waals surface area contributed by atoms with Crippen LogP contribution in [0.25, 0.3) is 0 Å². The molecule has 1 heterocycles. The molecule has 1 aliphatic rings. The molecule has 5 amide bonds. The molecule has 1 saturated heterocycles. The predicted octanol–water partition coefficient (Wildman–Crippen LogP) is 3.82. The Bertz CT molecular complexity index is 1580. The fraction of sp³-hybridized carbons (Fsp3) is 0.378. The summed E-state index contributed by atoms with van der Waals surface area (Å²) in [5.74, 6) is -2.92. The number of esters is 1. The number of hydrogen-bond acceptors (Lipinski definition) is 7. The summed E-state index contributed by atoms with van der Waals surface area (Å²) in [5, 5.41) is 8.18. The Morgan fingerprint density at radius 2 is 1.51 bits per heavy atom. The van der Waals surface area contributed by atoms with E-state index >= 15 is 0 Å². The topological polar surface area (TPSA) is 169 Å². The van der Waals surface area contributed by atoms with Crippen LogP contribution in [-0.4, -0.2) is 65.4 Å². The van der Waals surface area contributed by atoms with Crippen molar-refractivity contribution in [3.8, 4) is 0 Å². The quantitative estimate of drug-likeness (QED) is 0.178. The van der Waals surface area contributed by atoms with E-state index in [9.17, 15) is 24.0 Å². The van der Waals surface area contributed by atoms with Gasteiger partial charge in [0.05, 0.1) is 19.1 Å². The monoisotopic (exact) mass is 671 g/mol. The molecule has 4 rings (SSSR count). The molecule has 5 N–H and O–H groups in total. The fourth-order valence-corrected chi connectivity index (χ4v) is 5.53. The molecule has 4 atom stereocenters. The van der Waals surface area contributed by atoms with Gasteiger partial charge in [-0.15, -0.1) is 0 Å². The first-order valence-electron chi connectivity index (χ1n) is 16.4. The number of carbonyl (C=O) groups excluding carboxylic acids is 5. The van der Waals surface area contributed by atoms with Gasteiger partial charge in [0.1, 0.15) is 24.7 Å². The Kier molecular flexibility index (Phi) is 13.3. The largest absolute Gasteiger partial charge is 0.461 e. The highest BCUT2D eigenvalue weighted by molar-refractivity contribution is 5.97. The van der Waals surface area contributed by atoms with Crippen molar-refractivity contribution in [1.82, 2.24) is 15.5 Å². The van der Waals surface area contributed by atoms with Crippen molar-refractivity contribution < 1.29 is 33.4 Å². The van der Waals surface area contributed by atoms with Crippen LogP contribution in [0.5, 0.6) is 0 Å². The summed E-state index contributed by atoms with van der Waals surface area (Å²) in [4.78, 5) is 67.1. The zero-order valence-electron chi connectivity index (χ0n) is 28.1. The third-order valence-electron chi connectivity index (χ3n) is 8.04. The van der Waals surface area contributed by atoms with E-state index in [2.05, 4.69) is 16.0 Å². The second kappa shape index (κ2) is 17.8. The number of benzene rings is 3. The summed E-state index contributed by atoms with van der Waals surface area (Å²) in [6.07, 6.45) is -0.505. The highest BCUT2D eigenvalue weighted by Crippen LogP contribution is 2.24. The number of primary amides is 1. The third-order valence-corrected chi connectivity index (χ3v) is 8.04. The molecule has 1 fully saturated rings. The second-order valence-electron chi connectivity index (χ2n) is 12.6. The number of amides is 5.